The van der Waals surface area contributed by atoms with Crippen LogP contribution in [0.5, 0.6) is 5.75 Å². The number of carbonyl (C=O) groups is 2. The Morgan fingerprint density at radius 3 is 2.31 bits per heavy atom. The van der Waals surface area contributed by atoms with E-state index in [4.69, 9.17) is 19.6 Å². The fourth-order valence-electron chi connectivity index (χ4n) is 4.34. The number of carboxylic acids is 1. The Balaban J connectivity index is 0.000000517. The van der Waals surface area contributed by atoms with Crippen molar-refractivity contribution in [3.8, 4) is 5.75 Å². The van der Waals surface area contributed by atoms with E-state index in [2.05, 4.69) is 29.4 Å². The molecule has 0 aliphatic rings. The average Bonchev–Trinajstić information content (AvgIpc) is 3.42. The number of aromatic nitrogens is 2. The lowest BCUT2D eigenvalue weighted by Gasteiger charge is -2.10. The number of alkyl halides is 3. The van der Waals surface area contributed by atoms with Crippen LogP contribution in [-0.2, 0) is 11.3 Å². The highest BCUT2D eigenvalue weighted by Crippen LogP contribution is 2.31. The summed E-state index contributed by atoms with van der Waals surface area (Å²) in [4.78, 5) is 30.8. The quantitative estimate of drug-likeness (QED) is 0.116. The topological polar surface area (TPSA) is 104 Å². The summed E-state index contributed by atoms with van der Waals surface area (Å²) in [6, 6.07) is 27.7. The normalized spacial score (nSPS) is 11.1. The Morgan fingerprint density at radius 2 is 1.60 bits per heavy atom. The molecule has 3 N–H and O–H groups in total. The lowest BCUT2D eigenvalue weighted by atomic mass is 9.96. The van der Waals surface area contributed by atoms with Gasteiger partial charge in [0.2, 0.25) is 5.95 Å². The summed E-state index contributed by atoms with van der Waals surface area (Å²) in [6.45, 7) is 3.42. The zero-order chi connectivity index (χ0) is 30.1. The number of nitrogens with zero attached hydrogens (tertiary/aromatic N) is 1. The van der Waals surface area contributed by atoms with Gasteiger partial charge in [-0.1, -0.05) is 92.6 Å². The molecule has 0 saturated carbocycles. The standard InChI is InChI=1S/C30H29N3O2.C2HF3O2/c1-2-3-9-19-35-26-18-17-25(29(34)24-16-10-14-22-13-7-8-15-23(22)24)27-28(26)33-30(32-27)31-20-21-11-5-4-6-12-21;3-2(4,5)1(6)7/h4-8,10-18H,2-3,9,19-20H2,1H3,(H2,31,32,33);(H,6,7). The summed E-state index contributed by atoms with van der Waals surface area (Å²) in [7, 11) is 0. The van der Waals surface area contributed by atoms with Crippen LogP contribution in [0, 0.1) is 0 Å². The van der Waals surface area contributed by atoms with E-state index in [1.165, 1.54) is 0 Å². The van der Waals surface area contributed by atoms with Crippen LogP contribution in [0.25, 0.3) is 21.8 Å². The molecule has 5 rings (SSSR count). The summed E-state index contributed by atoms with van der Waals surface area (Å²) in [6.07, 6.45) is -1.85. The number of carbonyl (C=O) groups excluding carboxylic acids is 1. The molecular weight excluding hydrogens is 547 g/mol. The van der Waals surface area contributed by atoms with Crippen LogP contribution in [0.3, 0.4) is 0 Å². The number of imidazole rings is 1. The number of H-pyrrole nitrogens is 1. The highest BCUT2D eigenvalue weighted by atomic mass is 19.4. The first-order chi connectivity index (χ1) is 20.2. The fourth-order valence-corrected chi connectivity index (χ4v) is 4.34. The molecule has 0 saturated heterocycles. The fraction of sp³-hybridized carbons (Fsp3) is 0.219. The number of nitrogens with one attached hydrogen (secondary N) is 2. The number of anilines is 1. The lowest BCUT2D eigenvalue weighted by Crippen LogP contribution is -2.21. The third-order valence-corrected chi connectivity index (χ3v) is 6.44. The molecular formula is C32H30F3N3O4. The zero-order valence-corrected chi connectivity index (χ0v) is 22.9. The molecule has 0 amide bonds. The Labute approximate surface area is 240 Å². The second-order valence-electron chi connectivity index (χ2n) is 9.47. The molecule has 10 heteroatoms. The number of unbranched alkanes of at least 4 members (excludes halogenated alkanes) is 2. The number of hydrogen-bond donors (Lipinski definition) is 3. The first-order valence-corrected chi connectivity index (χ1v) is 13.4. The van der Waals surface area contributed by atoms with Gasteiger partial charge in [0.15, 0.2) is 5.78 Å². The van der Waals surface area contributed by atoms with Crippen molar-refractivity contribution in [2.75, 3.05) is 11.9 Å². The third-order valence-electron chi connectivity index (χ3n) is 6.44. The lowest BCUT2D eigenvalue weighted by molar-refractivity contribution is -0.192. The Kier molecular flexibility index (Phi) is 9.80. The average molecular weight is 578 g/mol. The molecule has 4 aromatic carbocycles. The molecule has 5 aromatic rings. The van der Waals surface area contributed by atoms with Crippen LogP contribution in [-0.4, -0.2) is 39.6 Å². The molecule has 0 bridgehead atoms. The van der Waals surface area contributed by atoms with Crippen molar-refractivity contribution in [2.45, 2.75) is 38.9 Å². The maximum atomic E-state index is 13.8. The molecule has 0 aliphatic carbocycles. The second kappa shape index (κ2) is 13.7. The van der Waals surface area contributed by atoms with Crippen LogP contribution >= 0.6 is 0 Å². The van der Waals surface area contributed by atoms with Gasteiger partial charge >= 0.3 is 12.1 Å². The van der Waals surface area contributed by atoms with Crippen molar-refractivity contribution in [1.29, 1.82) is 0 Å². The predicted octanol–water partition coefficient (Wildman–Crippen LogP) is 7.76. The van der Waals surface area contributed by atoms with Gasteiger partial charge in [0.1, 0.15) is 11.3 Å². The van der Waals surface area contributed by atoms with Crippen LogP contribution in [0.1, 0.15) is 47.7 Å². The number of ketones is 1. The number of hydrogen-bond acceptors (Lipinski definition) is 5. The Bertz CT molecular complexity index is 1660. The molecule has 0 spiro atoms. The molecule has 0 atom stereocenters. The van der Waals surface area contributed by atoms with Gasteiger partial charge in [-0.3, -0.25) is 4.79 Å². The number of ether oxygens (including phenoxy) is 1. The number of aliphatic carboxylic acids is 1. The smallest absolute Gasteiger partial charge is 0.490 e. The highest BCUT2D eigenvalue weighted by molar-refractivity contribution is 6.21. The number of rotatable bonds is 10. The number of halogens is 3. The van der Waals surface area contributed by atoms with Crippen LogP contribution < -0.4 is 10.1 Å². The monoisotopic (exact) mass is 577 g/mol. The summed E-state index contributed by atoms with van der Waals surface area (Å²) in [5.74, 6) is -1.50. The number of carboxylic acid groups (broad SMARTS) is 1. The molecule has 0 unspecified atom stereocenters. The minimum Gasteiger partial charge on any atom is -0.491 e. The molecule has 0 fully saturated rings. The van der Waals surface area contributed by atoms with Gasteiger partial charge in [0.05, 0.1) is 12.1 Å². The van der Waals surface area contributed by atoms with Crippen LogP contribution in [0.4, 0.5) is 19.1 Å². The van der Waals surface area contributed by atoms with Gasteiger partial charge in [-0.2, -0.15) is 13.2 Å². The third kappa shape index (κ3) is 7.45. The Hall–Kier alpha value is -4.86. The molecule has 0 radical (unpaired) electrons. The number of aromatic amines is 1. The maximum absolute atomic E-state index is 13.8. The van der Waals surface area contributed by atoms with E-state index in [1.54, 1.807) is 0 Å². The van der Waals surface area contributed by atoms with Crippen LogP contribution in [0.2, 0.25) is 0 Å². The summed E-state index contributed by atoms with van der Waals surface area (Å²) in [5.41, 5.74) is 3.76. The van der Waals surface area contributed by atoms with Gasteiger partial charge in [-0.15, -0.1) is 0 Å². The van der Waals surface area contributed by atoms with E-state index < -0.39 is 12.1 Å². The molecule has 1 heterocycles. The van der Waals surface area contributed by atoms with Crippen molar-refractivity contribution >= 4 is 39.5 Å². The number of fused-ring (bicyclic) bond motifs is 2. The first-order valence-electron chi connectivity index (χ1n) is 13.4. The largest absolute Gasteiger partial charge is 0.491 e. The van der Waals surface area contributed by atoms with Crippen molar-refractivity contribution in [3.05, 3.63) is 102 Å². The van der Waals surface area contributed by atoms with E-state index in [-0.39, 0.29) is 5.78 Å². The van der Waals surface area contributed by atoms with E-state index in [1.807, 2.05) is 72.8 Å². The second-order valence-corrected chi connectivity index (χ2v) is 9.47. The first kappa shape index (κ1) is 30.1. The van der Waals surface area contributed by atoms with Gasteiger partial charge in [-0.25, -0.2) is 9.78 Å². The molecule has 218 valence electrons. The van der Waals surface area contributed by atoms with Crippen LogP contribution in [0.15, 0.2) is 84.9 Å². The molecule has 7 nitrogen and oxygen atoms in total. The van der Waals surface area contributed by atoms with E-state index in [0.29, 0.717) is 47.0 Å². The van der Waals surface area contributed by atoms with Crippen molar-refractivity contribution < 1.29 is 32.6 Å². The summed E-state index contributed by atoms with van der Waals surface area (Å²) < 4.78 is 37.8. The van der Waals surface area contributed by atoms with Gasteiger partial charge in [0.25, 0.3) is 0 Å². The van der Waals surface area contributed by atoms with E-state index in [9.17, 15) is 18.0 Å². The maximum Gasteiger partial charge on any atom is 0.490 e. The number of benzene rings is 4. The van der Waals surface area contributed by atoms with Gasteiger partial charge < -0.3 is 20.1 Å². The van der Waals surface area contributed by atoms with Crippen molar-refractivity contribution in [3.63, 3.8) is 0 Å². The Morgan fingerprint density at radius 1 is 0.905 bits per heavy atom. The highest BCUT2D eigenvalue weighted by Gasteiger charge is 2.38. The minimum absolute atomic E-state index is 0.0393. The summed E-state index contributed by atoms with van der Waals surface area (Å²) >= 11 is 0. The van der Waals surface area contributed by atoms with Crippen molar-refractivity contribution in [1.82, 2.24) is 9.97 Å². The SMILES string of the molecule is CCCCCOc1ccc(C(=O)c2cccc3ccccc23)c2[nH]c(NCc3ccccc3)nc12.O=C(O)C(F)(F)F. The minimum atomic E-state index is -5.08. The van der Waals surface area contributed by atoms with Gasteiger partial charge in [-0.05, 0) is 34.9 Å². The van der Waals surface area contributed by atoms with E-state index in [0.717, 1.165) is 35.6 Å². The molecule has 42 heavy (non-hydrogen) atoms. The molecule has 1 aromatic heterocycles. The summed E-state index contributed by atoms with van der Waals surface area (Å²) in [5, 5.41) is 12.5. The zero-order valence-electron chi connectivity index (χ0n) is 22.9. The molecule has 0 aliphatic heterocycles. The predicted molar refractivity (Wildman–Crippen MR) is 156 cm³/mol. The van der Waals surface area contributed by atoms with E-state index >= 15 is 0 Å². The van der Waals surface area contributed by atoms with Crippen molar-refractivity contribution in [2.24, 2.45) is 0 Å². The van der Waals surface area contributed by atoms with Gasteiger partial charge in [0, 0.05) is 17.7 Å².